The Hall–Kier alpha value is -1.45. The highest BCUT2D eigenvalue weighted by Crippen LogP contribution is 2.35. The first-order valence-corrected chi connectivity index (χ1v) is 7.19. The van der Waals surface area contributed by atoms with E-state index in [0.29, 0.717) is 6.54 Å². The summed E-state index contributed by atoms with van der Waals surface area (Å²) >= 11 is 0. The van der Waals surface area contributed by atoms with Crippen molar-refractivity contribution in [3.05, 3.63) is 29.3 Å². The lowest BCUT2D eigenvalue weighted by atomic mass is 9.92. The Kier molecular flexibility index (Phi) is 4.12. The van der Waals surface area contributed by atoms with Crippen LogP contribution in [-0.4, -0.2) is 31.0 Å². The molecule has 0 saturated carbocycles. The van der Waals surface area contributed by atoms with Gasteiger partial charge in [0.1, 0.15) is 13.4 Å². The molecular weight excluding hydrogens is 249 g/mol. The summed E-state index contributed by atoms with van der Waals surface area (Å²) in [5, 5.41) is 0. The van der Waals surface area contributed by atoms with Crippen LogP contribution in [0.1, 0.15) is 51.3 Å². The van der Waals surface area contributed by atoms with E-state index in [1.807, 2.05) is 39.8 Å². The minimum absolute atomic E-state index is 0.0772. The van der Waals surface area contributed by atoms with Crippen molar-refractivity contribution in [2.75, 3.05) is 6.54 Å². The molecule has 0 aliphatic heterocycles. The molecule has 1 aromatic carbocycles. The summed E-state index contributed by atoms with van der Waals surface area (Å²) in [5.74, 6) is 0. The van der Waals surface area contributed by atoms with Crippen molar-refractivity contribution in [2.24, 2.45) is 0 Å². The van der Waals surface area contributed by atoms with Gasteiger partial charge in [-0.1, -0.05) is 23.7 Å². The van der Waals surface area contributed by atoms with Crippen molar-refractivity contribution in [3.8, 4) is 0 Å². The van der Waals surface area contributed by atoms with Crippen LogP contribution in [-0.2, 0) is 11.2 Å². The van der Waals surface area contributed by atoms with Gasteiger partial charge in [0, 0.05) is 6.54 Å². The Bertz CT molecular complexity index is 508. The van der Waals surface area contributed by atoms with E-state index in [9.17, 15) is 4.79 Å². The van der Waals surface area contributed by atoms with Crippen molar-refractivity contribution in [1.82, 2.24) is 4.90 Å². The number of ether oxygens (including phenoxy) is 1. The molecule has 0 heterocycles. The number of carbonyl (C=O) groups excluding carboxylic acids is 1. The molecule has 2 radical (unpaired) electrons. The van der Waals surface area contributed by atoms with Crippen LogP contribution in [0.4, 0.5) is 4.79 Å². The lowest BCUT2D eigenvalue weighted by Gasteiger charge is -2.31. The molecule has 0 fully saturated rings. The lowest BCUT2D eigenvalue weighted by molar-refractivity contribution is 0.0171. The van der Waals surface area contributed by atoms with Gasteiger partial charge in [0.15, 0.2) is 0 Å². The topological polar surface area (TPSA) is 29.5 Å². The predicted octanol–water partition coefficient (Wildman–Crippen LogP) is 2.72. The van der Waals surface area contributed by atoms with Crippen molar-refractivity contribution in [3.63, 3.8) is 0 Å². The van der Waals surface area contributed by atoms with E-state index < -0.39 is 5.60 Å². The molecule has 0 N–H and O–H groups in total. The largest absolute Gasteiger partial charge is 0.444 e. The zero-order chi connectivity index (χ0) is 14.9. The number of amides is 1. The van der Waals surface area contributed by atoms with Gasteiger partial charge in [-0.2, -0.15) is 0 Å². The molecule has 0 unspecified atom stereocenters. The minimum atomic E-state index is -0.471. The molecule has 3 nitrogen and oxygen atoms in total. The van der Waals surface area contributed by atoms with Crippen molar-refractivity contribution in [2.45, 2.75) is 52.2 Å². The second-order valence-corrected chi connectivity index (χ2v) is 6.28. The third-order valence-corrected chi connectivity index (χ3v) is 3.56. The molecular formula is C16H22BNO2. The minimum Gasteiger partial charge on any atom is -0.444 e. The van der Waals surface area contributed by atoms with E-state index in [1.54, 1.807) is 4.90 Å². The third kappa shape index (κ3) is 3.17. The van der Waals surface area contributed by atoms with Gasteiger partial charge in [-0.3, -0.25) is 0 Å². The second-order valence-electron chi connectivity index (χ2n) is 6.28. The quantitative estimate of drug-likeness (QED) is 0.774. The summed E-state index contributed by atoms with van der Waals surface area (Å²) in [6, 6.07) is 6.05. The Morgan fingerprint density at radius 3 is 2.75 bits per heavy atom. The molecule has 0 bridgehead atoms. The van der Waals surface area contributed by atoms with E-state index in [1.165, 1.54) is 5.56 Å². The lowest BCUT2D eigenvalue weighted by Crippen LogP contribution is -2.38. The summed E-state index contributed by atoms with van der Waals surface area (Å²) in [6.07, 6.45) is 1.67. The van der Waals surface area contributed by atoms with Crippen LogP contribution in [0.3, 0.4) is 0 Å². The van der Waals surface area contributed by atoms with Crippen LogP contribution in [0.15, 0.2) is 18.2 Å². The maximum Gasteiger partial charge on any atom is 0.410 e. The zero-order valence-electron chi connectivity index (χ0n) is 12.8. The standard InChI is InChI=1S/C16H22BNO2/c1-5-18(15(19)20-16(2,3)4)14-9-7-11-6-8-12(17)10-13(11)14/h6,8,10,14H,5,7,9H2,1-4H3/t14-/m1/s1. The molecule has 0 saturated heterocycles. The molecule has 106 valence electrons. The Morgan fingerprint density at radius 2 is 2.15 bits per heavy atom. The highest BCUT2D eigenvalue weighted by molar-refractivity contribution is 6.32. The second kappa shape index (κ2) is 5.51. The maximum atomic E-state index is 12.3. The Labute approximate surface area is 122 Å². The Balaban J connectivity index is 2.23. The van der Waals surface area contributed by atoms with Crippen LogP contribution in [0.5, 0.6) is 0 Å². The summed E-state index contributed by atoms with van der Waals surface area (Å²) in [4.78, 5) is 14.1. The van der Waals surface area contributed by atoms with Crippen molar-refractivity contribution in [1.29, 1.82) is 0 Å². The average Bonchev–Trinajstić information content (AvgIpc) is 2.71. The highest BCUT2D eigenvalue weighted by Gasteiger charge is 2.32. The summed E-state index contributed by atoms with van der Waals surface area (Å²) in [6.45, 7) is 8.28. The van der Waals surface area contributed by atoms with Gasteiger partial charge in [0.25, 0.3) is 0 Å². The van der Waals surface area contributed by atoms with Gasteiger partial charge in [0.05, 0.1) is 6.04 Å². The number of aryl methyl sites for hydroxylation is 1. The monoisotopic (exact) mass is 271 g/mol. The fourth-order valence-electron chi connectivity index (χ4n) is 2.72. The predicted molar refractivity (Wildman–Crippen MR) is 81.5 cm³/mol. The molecule has 2 rings (SSSR count). The van der Waals surface area contributed by atoms with Gasteiger partial charge in [-0.05, 0) is 51.7 Å². The number of hydrogen-bond donors (Lipinski definition) is 0. The van der Waals surface area contributed by atoms with Crippen LogP contribution in [0.2, 0.25) is 0 Å². The van der Waals surface area contributed by atoms with Crippen molar-refractivity contribution < 1.29 is 9.53 Å². The normalized spacial score (nSPS) is 17.7. The number of benzene rings is 1. The van der Waals surface area contributed by atoms with Gasteiger partial charge < -0.3 is 9.64 Å². The fraction of sp³-hybridized carbons (Fsp3) is 0.562. The van der Waals surface area contributed by atoms with Crippen molar-refractivity contribution >= 4 is 19.4 Å². The Morgan fingerprint density at radius 1 is 1.45 bits per heavy atom. The molecule has 1 amide bonds. The number of carbonyl (C=O) groups is 1. The zero-order valence-corrected chi connectivity index (χ0v) is 12.8. The van der Waals surface area contributed by atoms with Gasteiger partial charge in [0.2, 0.25) is 0 Å². The smallest absolute Gasteiger partial charge is 0.410 e. The molecule has 1 aromatic rings. The van der Waals surface area contributed by atoms with E-state index in [4.69, 9.17) is 12.6 Å². The number of nitrogens with zero attached hydrogens (tertiary/aromatic N) is 1. The van der Waals surface area contributed by atoms with Crippen LogP contribution < -0.4 is 5.46 Å². The van der Waals surface area contributed by atoms with E-state index in [-0.39, 0.29) is 12.1 Å². The molecule has 20 heavy (non-hydrogen) atoms. The van der Waals surface area contributed by atoms with E-state index >= 15 is 0 Å². The van der Waals surface area contributed by atoms with E-state index in [0.717, 1.165) is 23.9 Å². The van der Waals surface area contributed by atoms with Crippen LogP contribution in [0.25, 0.3) is 0 Å². The number of rotatable bonds is 2. The summed E-state index contributed by atoms with van der Waals surface area (Å²) in [5.41, 5.74) is 2.72. The van der Waals surface area contributed by atoms with Crippen LogP contribution in [0, 0.1) is 0 Å². The van der Waals surface area contributed by atoms with Gasteiger partial charge >= 0.3 is 6.09 Å². The fourth-order valence-corrected chi connectivity index (χ4v) is 2.72. The number of hydrogen-bond acceptors (Lipinski definition) is 2. The molecule has 0 spiro atoms. The summed E-state index contributed by atoms with van der Waals surface area (Å²) in [7, 11) is 5.88. The molecule has 4 heteroatoms. The SMILES string of the molecule is [B]c1ccc2c(c1)[C@H](N(CC)C(=O)OC(C)(C)C)CC2. The highest BCUT2D eigenvalue weighted by atomic mass is 16.6. The average molecular weight is 271 g/mol. The van der Waals surface area contributed by atoms with Gasteiger partial charge in [-0.25, -0.2) is 4.79 Å². The van der Waals surface area contributed by atoms with Gasteiger partial charge in [-0.15, -0.1) is 0 Å². The van der Waals surface area contributed by atoms with E-state index in [2.05, 4.69) is 6.07 Å². The number of fused-ring (bicyclic) bond motifs is 1. The maximum absolute atomic E-state index is 12.3. The molecule has 1 aliphatic carbocycles. The first-order valence-electron chi connectivity index (χ1n) is 7.19. The first-order chi connectivity index (χ1) is 9.31. The summed E-state index contributed by atoms with van der Waals surface area (Å²) < 4.78 is 5.50. The molecule has 1 atom stereocenters. The molecule has 1 aliphatic rings. The van der Waals surface area contributed by atoms with Crippen LogP contribution >= 0.6 is 0 Å². The first kappa shape index (κ1) is 15.0. The third-order valence-electron chi connectivity index (χ3n) is 3.56. The molecule has 0 aromatic heterocycles.